The number of rotatable bonds is 8. The Labute approximate surface area is 202 Å². The Morgan fingerprint density at radius 1 is 1.09 bits per heavy atom. The van der Waals surface area contributed by atoms with Gasteiger partial charge in [0.1, 0.15) is 11.9 Å². The largest absolute Gasteiger partial charge is 0.507 e. The third-order valence-corrected chi connectivity index (χ3v) is 5.99. The summed E-state index contributed by atoms with van der Waals surface area (Å²) in [4.78, 5) is 23.9. The van der Waals surface area contributed by atoms with Gasteiger partial charge in [0, 0.05) is 34.2 Å². The molecular formula is C27H27NO7. The number of carboxylic acids is 1. The van der Waals surface area contributed by atoms with Crippen molar-refractivity contribution >= 4 is 28.5 Å². The van der Waals surface area contributed by atoms with E-state index in [0.29, 0.717) is 35.4 Å². The quantitative estimate of drug-likeness (QED) is 0.340. The second-order valence-corrected chi connectivity index (χ2v) is 8.97. The number of aromatic hydroxyl groups is 1. The normalized spacial score (nSPS) is 13.7. The molecule has 1 aliphatic rings. The van der Waals surface area contributed by atoms with Crippen LogP contribution in [0.5, 0.6) is 17.2 Å². The average Bonchev–Trinajstić information content (AvgIpc) is 3.29. The van der Waals surface area contributed by atoms with Gasteiger partial charge < -0.3 is 24.4 Å². The minimum Gasteiger partial charge on any atom is -0.507 e. The van der Waals surface area contributed by atoms with E-state index in [0.717, 1.165) is 17.0 Å². The van der Waals surface area contributed by atoms with Gasteiger partial charge in [-0.25, -0.2) is 9.59 Å². The number of aliphatic carboxylic acids is 1. The van der Waals surface area contributed by atoms with E-state index in [2.05, 4.69) is 5.32 Å². The van der Waals surface area contributed by atoms with Gasteiger partial charge in [0.05, 0.1) is 0 Å². The van der Waals surface area contributed by atoms with Crippen LogP contribution in [0.1, 0.15) is 38.4 Å². The number of hydrogen-bond donors (Lipinski definition) is 3. The molecule has 1 amide bonds. The van der Waals surface area contributed by atoms with Crippen LogP contribution in [0.3, 0.4) is 0 Å². The zero-order valence-electron chi connectivity index (χ0n) is 19.5. The predicted octanol–water partition coefficient (Wildman–Crippen LogP) is 6.01. The summed E-state index contributed by atoms with van der Waals surface area (Å²) >= 11 is 0. The number of benzene rings is 3. The fourth-order valence-electron chi connectivity index (χ4n) is 4.18. The van der Waals surface area contributed by atoms with Crippen molar-refractivity contribution in [3.63, 3.8) is 0 Å². The van der Waals surface area contributed by atoms with Crippen molar-refractivity contribution in [3.8, 4) is 17.2 Å². The van der Waals surface area contributed by atoms with E-state index in [1.165, 1.54) is 0 Å². The predicted molar refractivity (Wildman–Crippen MR) is 131 cm³/mol. The number of carbonyl (C=O) groups excluding carboxylic acids is 1. The van der Waals surface area contributed by atoms with E-state index in [1.807, 2.05) is 32.0 Å². The van der Waals surface area contributed by atoms with Gasteiger partial charge in [-0.15, -0.1) is 0 Å². The number of fused-ring (bicyclic) bond motifs is 2. The van der Waals surface area contributed by atoms with Gasteiger partial charge in [-0.1, -0.05) is 50.3 Å². The molecular weight excluding hydrogens is 450 g/mol. The van der Waals surface area contributed by atoms with Crippen LogP contribution < -0.4 is 14.8 Å². The number of carboxylic acid groups (broad SMARTS) is 1. The lowest BCUT2D eigenvalue weighted by Crippen LogP contribution is -2.29. The lowest BCUT2D eigenvalue weighted by molar-refractivity contribution is -0.131. The molecule has 3 N–H and O–H groups in total. The Morgan fingerprint density at radius 3 is 2.60 bits per heavy atom. The Hall–Kier alpha value is -4.20. The van der Waals surface area contributed by atoms with Crippen molar-refractivity contribution in [3.05, 3.63) is 72.3 Å². The van der Waals surface area contributed by atoms with Gasteiger partial charge >= 0.3 is 12.1 Å². The number of anilines is 1. The van der Waals surface area contributed by atoms with Crippen molar-refractivity contribution in [2.24, 2.45) is 5.41 Å². The molecule has 1 aliphatic heterocycles. The number of allylic oxidation sites excluding steroid dienone is 1. The topological polar surface area (TPSA) is 114 Å². The number of carbonyl (C=O) groups is 2. The SMILES string of the molecule is CC(C)(CC/C=C/C(=O)O)[C@H](OC(=O)Nc1ccc2c(c1)OCO2)c1ccc(O)c2ccccc12. The summed E-state index contributed by atoms with van der Waals surface area (Å²) in [5.41, 5.74) is 0.664. The lowest BCUT2D eigenvalue weighted by atomic mass is 9.77. The van der Waals surface area contributed by atoms with E-state index < -0.39 is 23.6 Å². The van der Waals surface area contributed by atoms with Gasteiger partial charge in [0.25, 0.3) is 0 Å². The first-order valence-electron chi connectivity index (χ1n) is 11.2. The first-order chi connectivity index (χ1) is 16.7. The minimum atomic E-state index is -1.01. The highest BCUT2D eigenvalue weighted by atomic mass is 16.7. The van der Waals surface area contributed by atoms with Crippen molar-refractivity contribution in [2.75, 3.05) is 12.1 Å². The Balaban J connectivity index is 1.63. The number of phenolic OH excluding ortho intramolecular Hbond substituents is 1. The Kier molecular flexibility index (Phi) is 6.82. The molecule has 1 atom stereocenters. The molecule has 0 aromatic heterocycles. The average molecular weight is 478 g/mol. The lowest BCUT2D eigenvalue weighted by Gasteiger charge is -2.35. The smallest absolute Gasteiger partial charge is 0.412 e. The van der Waals surface area contributed by atoms with E-state index >= 15 is 0 Å². The fourth-order valence-corrected chi connectivity index (χ4v) is 4.18. The van der Waals surface area contributed by atoms with Crippen molar-refractivity contribution < 1.29 is 34.0 Å². The molecule has 3 aromatic carbocycles. The standard InChI is InChI=1S/C27H27NO7/c1-27(2,14-6-5-9-24(30)31)25(20-11-12-21(29)19-8-4-3-7-18(19)20)35-26(32)28-17-10-13-22-23(15-17)34-16-33-22/h3-5,7-13,15,25,29H,6,14,16H2,1-2H3,(H,28,32)(H,30,31)/b9-5+/t25-/m1/s1. The molecule has 0 bridgehead atoms. The maximum Gasteiger partial charge on any atom is 0.412 e. The van der Waals surface area contributed by atoms with Crippen LogP contribution in [0.15, 0.2) is 66.7 Å². The molecule has 0 spiro atoms. The van der Waals surface area contributed by atoms with E-state index in [1.54, 1.807) is 42.5 Å². The van der Waals surface area contributed by atoms with Crippen molar-refractivity contribution in [1.29, 1.82) is 0 Å². The molecule has 4 rings (SSSR count). The zero-order valence-corrected chi connectivity index (χ0v) is 19.5. The number of phenols is 1. The monoisotopic (exact) mass is 477 g/mol. The first-order valence-corrected chi connectivity index (χ1v) is 11.2. The molecule has 8 nitrogen and oxygen atoms in total. The molecule has 0 saturated carbocycles. The van der Waals surface area contributed by atoms with Crippen molar-refractivity contribution in [2.45, 2.75) is 32.8 Å². The van der Waals surface area contributed by atoms with Crippen LogP contribution in [-0.4, -0.2) is 29.1 Å². The molecule has 1 heterocycles. The third-order valence-electron chi connectivity index (χ3n) is 5.99. The number of amides is 1. The summed E-state index contributed by atoms with van der Waals surface area (Å²) in [7, 11) is 0. The summed E-state index contributed by atoms with van der Waals surface area (Å²) in [6.45, 7) is 4.05. The Bertz CT molecular complexity index is 1280. The highest BCUT2D eigenvalue weighted by Crippen LogP contribution is 2.44. The van der Waals surface area contributed by atoms with Crippen LogP contribution in [0.2, 0.25) is 0 Å². The molecule has 0 fully saturated rings. The van der Waals surface area contributed by atoms with Crippen LogP contribution in [0.25, 0.3) is 10.8 Å². The summed E-state index contributed by atoms with van der Waals surface area (Å²) in [5, 5.41) is 23.4. The third kappa shape index (κ3) is 5.48. The maximum atomic E-state index is 13.0. The van der Waals surface area contributed by atoms with E-state index in [-0.39, 0.29) is 12.5 Å². The summed E-state index contributed by atoms with van der Waals surface area (Å²) in [6.07, 6.45) is 2.38. The van der Waals surface area contributed by atoms with E-state index in [4.69, 9.17) is 19.3 Å². The Morgan fingerprint density at radius 2 is 1.83 bits per heavy atom. The molecule has 3 aromatic rings. The zero-order chi connectivity index (χ0) is 25.0. The van der Waals surface area contributed by atoms with Gasteiger partial charge in [0.2, 0.25) is 6.79 Å². The van der Waals surface area contributed by atoms with Crippen LogP contribution in [-0.2, 0) is 9.53 Å². The van der Waals surface area contributed by atoms with Gasteiger partial charge in [-0.2, -0.15) is 0 Å². The highest BCUT2D eigenvalue weighted by Gasteiger charge is 2.35. The number of nitrogens with one attached hydrogen (secondary N) is 1. The molecule has 35 heavy (non-hydrogen) atoms. The molecule has 0 aliphatic carbocycles. The second kappa shape index (κ2) is 9.97. The maximum absolute atomic E-state index is 13.0. The summed E-state index contributed by atoms with van der Waals surface area (Å²) in [5.74, 6) is 0.265. The summed E-state index contributed by atoms with van der Waals surface area (Å²) < 4.78 is 16.7. The minimum absolute atomic E-state index is 0.129. The summed E-state index contributed by atoms with van der Waals surface area (Å²) in [6, 6.07) is 15.8. The number of hydrogen-bond acceptors (Lipinski definition) is 6. The van der Waals surface area contributed by atoms with Crippen LogP contribution in [0.4, 0.5) is 10.5 Å². The molecule has 182 valence electrons. The highest BCUT2D eigenvalue weighted by molar-refractivity contribution is 5.92. The number of ether oxygens (including phenoxy) is 3. The van der Waals surface area contributed by atoms with Gasteiger partial charge in [-0.05, 0) is 36.4 Å². The first kappa shape index (κ1) is 23.9. The second-order valence-electron chi connectivity index (χ2n) is 8.97. The van der Waals surface area contributed by atoms with Crippen LogP contribution in [0, 0.1) is 5.41 Å². The van der Waals surface area contributed by atoms with Gasteiger partial charge in [0.15, 0.2) is 11.5 Å². The molecule has 0 saturated heterocycles. The van der Waals surface area contributed by atoms with Gasteiger partial charge in [-0.3, -0.25) is 5.32 Å². The molecule has 0 unspecified atom stereocenters. The van der Waals surface area contributed by atoms with E-state index in [9.17, 15) is 14.7 Å². The molecule has 8 heteroatoms. The molecule has 0 radical (unpaired) electrons. The van der Waals surface area contributed by atoms with Crippen LogP contribution >= 0.6 is 0 Å². The fraction of sp³-hybridized carbons (Fsp3) is 0.259. The van der Waals surface area contributed by atoms with Crippen molar-refractivity contribution in [1.82, 2.24) is 0 Å².